The molecule has 0 amide bonds. The number of benzene rings is 1. The van der Waals surface area contributed by atoms with Gasteiger partial charge in [-0.15, -0.1) is 0 Å². The summed E-state index contributed by atoms with van der Waals surface area (Å²) in [4.78, 5) is 0. The lowest BCUT2D eigenvalue weighted by molar-refractivity contribution is 0.664. The predicted molar refractivity (Wildman–Crippen MR) is 84.5 cm³/mol. The summed E-state index contributed by atoms with van der Waals surface area (Å²) < 4.78 is 0. The van der Waals surface area contributed by atoms with Gasteiger partial charge >= 0.3 is 0 Å². The van der Waals surface area contributed by atoms with Gasteiger partial charge < -0.3 is 0 Å². The van der Waals surface area contributed by atoms with Crippen molar-refractivity contribution in [3.63, 3.8) is 0 Å². The Hall–Kier alpha value is -0.400. The second-order valence-corrected chi connectivity index (χ2v) is 7.08. The average Bonchev–Trinajstić information content (AvgIpc) is 2.35. The van der Waals surface area contributed by atoms with E-state index in [1.54, 1.807) is 0 Å². The van der Waals surface area contributed by atoms with Crippen molar-refractivity contribution in [3.05, 3.63) is 40.4 Å². The predicted octanol–water partition coefficient (Wildman–Crippen LogP) is 5.73. The van der Waals surface area contributed by atoms with E-state index in [1.807, 2.05) is 6.07 Å². The number of allylic oxidation sites excluding steroid dienone is 1. The third kappa shape index (κ3) is 2.95. The van der Waals surface area contributed by atoms with Crippen LogP contribution >= 0.6 is 23.4 Å². The van der Waals surface area contributed by atoms with E-state index in [0.717, 1.165) is 10.3 Å². The summed E-state index contributed by atoms with van der Waals surface area (Å²) in [7, 11) is 0. The number of halogens is 1. The van der Waals surface area contributed by atoms with E-state index in [9.17, 15) is 0 Å². The van der Waals surface area contributed by atoms with Crippen molar-refractivity contribution in [2.75, 3.05) is 0 Å². The SMILES string of the molecule is C/C=C(\c1cccc(Cl)c1C)C1CCCC(C)S1. The Labute approximate surface area is 120 Å². The topological polar surface area (TPSA) is 0 Å². The first kappa shape index (κ1) is 14.0. The van der Waals surface area contributed by atoms with E-state index in [0.29, 0.717) is 5.25 Å². The van der Waals surface area contributed by atoms with Crippen LogP contribution in [0.1, 0.15) is 44.2 Å². The Balaban J connectivity index is 2.31. The van der Waals surface area contributed by atoms with Crippen LogP contribution in [0, 0.1) is 6.92 Å². The van der Waals surface area contributed by atoms with E-state index in [2.05, 4.69) is 50.7 Å². The van der Waals surface area contributed by atoms with Crippen LogP contribution in [0.3, 0.4) is 0 Å². The van der Waals surface area contributed by atoms with Gasteiger partial charge in [-0.2, -0.15) is 11.8 Å². The first-order valence-electron chi connectivity index (χ1n) is 6.70. The second kappa shape index (κ2) is 6.16. The molecule has 1 saturated heterocycles. The van der Waals surface area contributed by atoms with Crippen LogP contribution in [0.2, 0.25) is 5.02 Å². The molecule has 0 N–H and O–H groups in total. The summed E-state index contributed by atoms with van der Waals surface area (Å²) >= 11 is 8.37. The number of hydrogen-bond acceptors (Lipinski definition) is 1. The summed E-state index contributed by atoms with van der Waals surface area (Å²) in [5.41, 5.74) is 4.01. The third-order valence-corrected chi connectivity index (χ3v) is 5.64. The first-order chi connectivity index (χ1) is 8.63. The van der Waals surface area contributed by atoms with Crippen molar-refractivity contribution in [1.29, 1.82) is 0 Å². The van der Waals surface area contributed by atoms with Crippen LogP contribution < -0.4 is 0 Å². The van der Waals surface area contributed by atoms with Crippen molar-refractivity contribution >= 4 is 28.9 Å². The molecule has 2 rings (SSSR count). The third-order valence-electron chi connectivity index (χ3n) is 3.71. The standard InChI is InChI=1S/C16H21ClS/c1-4-13(16-10-5-7-11(2)18-16)14-8-6-9-15(17)12(14)3/h4,6,8-9,11,16H,5,7,10H2,1-3H3/b13-4+. The molecule has 1 aromatic rings. The lowest BCUT2D eigenvalue weighted by Gasteiger charge is -2.29. The van der Waals surface area contributed by atoms with Gasteiger partial charge in [-0.05, 0) is 49.5 Å². The van der Waals surface area contributed by atoms with E-state index in [1.165, 1.54) is 36.0 Å². The van der Waals surface area contributed by atoms with Gasteiger partial charge in [0.25, 0.3) is 0 Å². The highest BCUT2D eigenvalue weighted by Crippen LogP contribution is 2.40. The molecule has 0 saturated carbocycles. The highest BCUT2D eigenvalue weighted by molar-refractivity contribution is 8.01. The van der Waals surface area contributed by atoms with Gasteiger partial charge in [0.05, 0.1) is 0 Å². The Kier molecular flexibility index (Phi) is 4.80. The van der Waals surface area contributed by atoms with Gasteiger partial charge in [0.15, 0.2) is 0 Å². The largest absolute Gasteiger partial charge is 0.151 e. The molecule has 2 heteroatoms. The van der Waals surface area contributed by atoms with E-state index < -0.39 is 0 Å². The minimum absolute atomic E-state index is 0.635. The van der Waals surface area contributed by atoms with Crippen LogP contribution in [0.5, 0.6) is 0 Å². The summed E-state index contributed by atoms with van der Waals surface area (Å²) in [5, 5.41) is 2.29. The normalized spacial score (nSPS) is 25.2. The maximum absolute atomic E-state index is 6.25. The summed E-state index contributed by atoms with van der Waals surface area (Å²) in [6.07, 6.45) is 6.26. The molecule has 0 bridgehead atoms. The monoisotopic (exact) mass is 280 g/mol. The molecule has 1 aliphatic heterocycles. The van der Waals surface area contributed by atoms with Gasteiger partial charge in [-0.3, -0.25) is 0 Å². The molecule has 1 heterocycles. The quantitative estimate of drug-likeness (QED) is 0.667. The van der Waals surface area contributed by atoms with Gasteiger partial charge in [-0.1, -0.05) is 43.2 Å². The fourth-order valence-corrected chi connectivity index (χ4v) is 4.42. The first-order valence-corrected chi connectivity index (χ1v) is 8.02. The molecule has 1 fully saturated rings. The van der Waals surface area contributed by atoms with Crippen LogP contribution in [-0.4, -0.2) is 10.5 Å². The molecule has 1 aromatic carbocycles. The average molecular weight is 281 g/mol. The number of hydrogen-bond donors (Lipinski definition) is 0. The minimum Gasteiger partial charge on any atom is -0.151 e. The molecular formula is C16H21ClS. The lowest BCUT2D eigenvalue weighted by atomic mass is 9.94. The molecule has 0 aromatic heterocycles. The van der Waals surface area contributed by atoms with Gasteiger partial charge in [0, 0.05) is 15.5 Å². The van der Waals surface area contributed by atoms with Gasteiger partial charge in [0.1, 0.15) is 0 Å². The summed E-state index contributed by atoms with van der Waals surface area (Å²) in [5.74, 6) is 0. The van der Waals surface area contributed by atoms with Crippen LogP contribution in [0.25, 0.3) is 5.57 Å². The van der Waals surface area contributed by atoms with Crippen molar-refractivity contribution in [2.24, 2.45) is 0 Å². The Morgan fingerprint density at radius 2 is 2.17 bits per heavy atom. The van der Waals surface area contributed by atoms with Crippen molar-refractivity contribution < 1.29 is 0 Å². The zero-order valence-corrected chi connectivity index (χ0v) is 12.9. The Morgan fingerprint density at radius 1 is 1.39 bits per heavy atom. The van der Waals surface area contributed by atoms with Crippen molar-refractivity contribution in [3.8, 4) is 0 Å². The van der Waals surface area contributed by atoms with Crippen molar-refractivity contribution in [2.45, 2.75) is 50.5 Å². The summed E-state index contributed by atoms with van der Waals surface area (Å²) in [6, 6.07) is 6.24. The molecule has 0 radical (unpaired) electrons. The van der Waals surface area contributed by atoms with Gasteiger partial charge in [-0.25, -0.2) is 0 Å². The lowest BCUT2D eigenvalue weighted by Crippen LogP contribution is -2.17. The van der Waals surface area contributed by atoms with Crippen LogP contribution in [0.4, 0.5) is 0 Å². The van der Waals surface area contributed by atoms with Crippen LogP contribution in [-0.2, 0) is 0 Å². The summed E-state index contributed by atoms with van der Waals surface area (Å²) in [6.45, 7) is 6.61. The fraction of sp³-hybridized carbons (Fsp3) is 0.500. The Bertz CT molecular complexity index is 450. The van der Waals surface area contributed by atoms with E-state index in [4.69, 9.17) is 11.6 Å². The molecule has 98 valence electrons. The van der Waals surface area contributed by atoms with E-state index >= 15 is 0 Å². The molecule has 2 atom stereocenters. The zero-order chi connectivity index (χ0) is 13.1. The molecule has 0 nitrogen and oxygen atoms in total. The zero-order valence-electron chi connectivity index (χ0n) is 11.4. The molecule has 2 unspecified atom stereocenters. The highest BCUT2D eigenvalue weighted by Gasteiger charge is 2.24. The minimum atomic E-state index is 0.635. The maximum atomic E-state index is 6.25. The smallest absolute Gasteiger partial charge is 0.0441 e. The molecule has 1 aliphatic rings. The Morgan fingerprint density at radius 3 is 2.83 bits per heavy atom. The molecular weight excluding hydrogens is 260 g/mol. The van der Waals surface area contributed by atoms with Gasteiger partial charge in [0.2, 0.25) is 0 Å². The molecule has 0 aliphatic carbocycles. The fourth-order valence-electron chi connectivity index (χ4n) is 2.67. The maximum Gasteiger partial charge on any atom is 0.0441 e. The number of rotatable bonds is 2. The second-order valence-electron chi connectivity index (χ2n) is 5.02. The molecule has 0 spiro atoms. The van der Waals surface area contributed by atoms with E-state index in [-0.39, 0.29) is 0 Å². The van der Waals surface area contributed by atoms with Crippen LogP contribution in [0.15, 0.2) is 24.3 Å². The highest BCUT2D eigenvalue weighted by atomic mass is 35.5. The number of thioether (sulfide) groups is 1. The molecule has 18 heavy (non-hydrogen) atoms. The van der Waals surface area contributed by atoms with Crippen molar-refractivity contribution in [1.82, 2.24) is 0 Å².